The Hall–Kier alpha value is -4.30. The van der Waals surface area contributed by atoms with Gasteiger partial charge < -0.3 is 70.7 Å². The number of hydrogen-bond donors (Lipinski definition) is 10. The Morgan fingerprint density at radius 3 is 1.00 bits per heavy atom. The molecule has 0 aromatic heterocycles. The Kier molecular flexibility index (Phi) is 21.1. The minimum atomic E-state index is -1.45. The van der Waals surface area contributed by atoms with Gasteiger partial charge in [0.2, 0.25) is 0 Å². The van der Waals surface area contributed by atoms with Gasteiger partial charge in [-0.15, -0.1) is 0 Å². The molecule has 6 atom stereocenters. The Balaban J connectivity index is 2.45. The van der Waals surface area contributed by atoms with Gasteiger partial charge in [-0.1, -0.05) is 0 Å². The predicted octanol–water partition coefficient (Wildman–Crippen LogP) is -2.69. The summed E-state index contributed by atoms with van der Waals surface area (Å²) >= 11 is 0. The van der Waals surface area contributed by atoms with Gasteiger partial charge in [0.15, 0.2) is 0 Å². The van der Waals surface area contributed by atoms with Crippen molar-refractivity contribution in [1.29, 1.82) is 0 Å². The fourth-order valence-electron chi connectivity index (χ4n) is 7.35. The first-order valence-corrected chi connectivity index (χ1v) is 19.2. The van der Waals surface area contributed by atoms with E-state index < -0.39 is 85.9 Å². The molecule has 2 heterocycles. The third kappa shape index (κ3) is 16.2. The maximum Gasteiger partial charge on any atom is 0.407 e. The van der Waals surface area contributed by atoms with Crippen LogP contribution in [0.1, 0.15) is 26.7 Å². The summed E-state index contributed by atoms with van der Waals surface area (Å²) in [6.07, 6.45) is -8.26. The van der Waals surface area contributed by atoms with Crippen LogP contribution in [0.4, 0.5) is 19.2 Å². The highest BCUT2D eigenvalue weighted by Crippen LogP contribution is 2.21. The first-order chi connectivity index (χ1) is 27.3. The van der Waals surface area contributed by atoms with Gasteiger partial charge in [-0.05, 0) is 26.7 Å². The first-order valence-electron chi connectivity index (χ1n) is 19.2. The fraction of sp³-hybridized carbons (Fsp3) is 0.824. The predicted molar refractivity (Wildman–Crippen MR) is 202 cm³/mol. The number of β-amino-alcohol motifs (C(OH)–C–C–N with tert-alkyl or cyclic N) is 2. The maximum atomic E-state index is 13.0. The van der Waals surface area contributed by atoms with Gasteiger partial charge >= 0.3 is 36.3 Å². The molecule has 0 radical (unpaired) electrons. The number of aliphatic carboxylic acids is 2. The molecule has 24 heteroatoms. The zero-order chi connectivity index (χ0) is 43.7. The second kappa shape index (κ2) is 24.6. The van der Waals surface area contributed by atoms with Crippen molar-refractivity contribution in [2.75, 3.05) is 118 Å². The first kappa shape index (κ1) is 49.8. The monoisotopic (exact) mass is 838 g/mol. The summed E-state index contributed by atoms with van der Waals surface area (Å²) in [6.45, 7) is 0.459. The SMILES string of the molecule is CC1CN(C(=O)O)CCN(CC(O)CO)CCN(C(=O)O)CCN1C(CCC(C(=O)O)N1CCN(C(=O)O)CCN(CC(O)CO)CCN(C(=O)O)CC1C)C(=O)O. The van der Waals surface area contributed by atoms with Crippen LogP contribution in [0.25, 0.3) is 0 Å². The van der Waals surface area contributed by atoms with Gasteiger partial charge in [0.1, 0.15) is 12.1 Å². The molecule has 0 aromatic rings. The van der Waals surface area contributed by atoms with Crippen molar-refractivity contribution in [2.45, 2.75) is 63.1 Å². The number of nitrogens with zero attached hydrogens (tertiary/aromatic N) is 8. The molecule has 0 spiro atoms. The van der Waals surface area contributed by atoms with E-state index in [1.807, 2.05) is 0 Å². The molecule has 0 bridgehead atoms. The molecule has 2 aliphatic rings. The largest absolute Gasteiger partial charge is 0.480 e. The summed E-state index contributed by atoms with van der Waals surface area (Å²) in [5.41, 5.74) is 0. The topological polar surface area (TPSA) is 331 Å². The highest BCUT2D eigenvalue weighted by Gasteiger charge is 2.37. The number of aliphatic hydroxyl groups excluding tert-OH is 4. The number of carboxylic acid groups (broad SMARTS) is 6. The van der Waals surface area contributed by atoms with E-state index >= 15 is 0 Å². The van der Waals surface area contributed by atoms with Gasteiger partial charge in [-0.3, -0.25) is 29.2 Å². The van der Waals surface area contributed by atoms with E-state index in [9.17, 15) is 79.8 Å². The molecule has 334 valence electrons. The summed E-state index contributed by atoms with van der Waals surface area (Å²) in [5.74, 6) is -2.77. The zero-order valence-corrected chi connectivity index (χ0v) is 33.1. The van der Waals surface area contributed by atoms with Gasteiger partial charge in [0.05, 0.1) is 25.4 Å². The molecule has 4 amide bonds. The van der Waals surface area contributed by atoms with Gasteiger partial charge in [-0.25, -0.2) is 19.2 Å². The fourth-order valence-corrected chi connectivity index (χ4v) is 7.35. The van der Waals surface area contributed by atoms with Gasteiger partial charge in [0, 0.05) is 117 Å². The molecule has 6 unspecified atom stereocenters. The molecule has 10 N–H and O–H groups in total. The lowest BCUT2D eigenvalue weighted by molar-refractivity contribution is -0.148. The van der Waals surface area contributed by atoms with Crippen LogP contribution in [-0.2, 0) is 9.59 Å². The van der Waals surface area contributed by atoms with Crippen molar-refractivity contribution in [2.24, 2.45) is 0 Å². The van der Waals surface area contributed by atoms with Crippen LogP contribution in [-0.4, -0.2) is 281 Å². The minimum Gasteiger partial charge on any atom is -0.480 e. The Morgan fingerprint density at radius 1 is 0.466 bits per heavy atom. The van der Waals surface area contributed by atoms with E-state index in [1.165, 1.54) is 9.80 Å². The van der Waals surface area contributed by atoms with Gasteiger partial charge in [0.25, 0.3) is 0 Å². The molecule has 0 aliphatic carbocycles. The maximum absolute atomic E-state index is 13.0. The van der Waals surface area contributed by atoms with E-state index in [1.54, 1.807) is 23.6 Å². The Labute approximate surface area is 336 Å². The Morgan fingerprint density at radius 2 is 0.741 bits per heavy atom. The summed E-state index contributed by atoms with van der Waals surface area (Å²) in [5, 5.41) is 99.8. The summed E-state index contributed by atoms with van der Waals surface area (Å²) in [4.78, 5) is 85.3. The average Bonchev–Trinajstić information content (AvgIpc) is 3.14. The zero-order valence-electron chi connectivity index (χ0n) is 33.1. The van der Waals surface area contributed by atoms with Crippen molar-refractivity contribution < 1.29 is 79.8 Å². The highest BCUT2D eigenvalue weighted by molar-refractivity contribution is 5.75. The second-order valence-corrected chi connectivity index (χ2v) is 14.7. The third-order valence-electron chi connectivity index (χ3n) is 10.6. The van der Waals surface area contributed by atoms with Crippen molar-refractivity contribution in [3.8, 4) is 0 Å². The van der Waals surface area contributed by atoms with Crippen LogP contribution in [0.5, 0.6) is 0 Å². The second-order valence-electron chi connectivity index (χ2n) is 14.7. The lowest BCUT2D eigenvalue weighted by Crippen LogP contribution is -2.57. The quantitative estimate of drug-likeness (QED) is 0.0903. The third-order valence-corrected chi connectivity index (χ3v) is 10.6. The molecule has 24 nitrogen and oxygen atoms in total. The molecule has 2 rings (SSSR count). The van der Waals surface area contributed by atoms with Crippen molar-refractivity contribution in [3.63, 3.8) is 0 Å². The molecular formula is C34H62N8O16. The number of hydrogen-bond acceptors (Lipinski definition) is 14. The summed E-state index contributed by atoms with van der Waals surface area (Å²) < 4.78 is 0. The summed E-state index contributed by atoms with van der Waals surface area (Å²) in [7, 11) is 0. The van der Waals surface area contributed by atoms with Crippen LogP contribution in [0.3, 0.4) is 0 Å². The molecule has 0 aromatic carbocycles. The lowest BCUT2D eigenvalue weighted by Gasteiger charge is -2.41. The van der Waals surface area contributed by atoms with Crippen LogP contribution >= 0.6 is 0 Å². The molecular weight excluding hydrogens is 776 g/mol. The van der Waals surface area contributed by atoms with E-state index in [2.05, 4.69) is 0 Å². The minimum absolute atomic E-state index is 0.0573. The van der Waals surface area contributed by atoms with Crippen LogP contribution in [0, 0.1) is 0 Å². The smallest absolute Gasteiger partial charge is 0.407 e. The molecule has 2 saturated heterocycles. The summed E-state index contributed by atoms with van der Waals surface area (Å²) in [6, 6.07) is -4.56. The van der Waals surface area contributed by atoms with E-state index in [0.29, 0.717) is 0 Å². The van der Waals surface area contributed by atoms with Crippen LogP contribution in [0.2, 0.25) is 0 Å². The standard InChI is InChI=1S/C34H62N8O16/c1-23-17-39(33(55)56)11-7-35(19-25(45)21-43)5-9-37(31(51)52)13-15-41(23)27(29(47)48)3-4-28(30(49)50)42-16-14-38(32(53)54)10-6-36(20-26(46)22-44)8-12-40(34(57)58)18-24(42)2/h23-28,43-46H,3-22H2,1-2H3,(H,47,48)(H,49,50)(H,51,52)(H,53,54)(H,55,56)(H,57,58). The van der Waals surface area contributed by atoms with E-state index in [4.69, 9.17) is 0 Å². The molecule has 0 saturated carbocycles. The molecule has 2 fully saturated rings. The van der Waals surface area contributed by atoms with Crippen molar-refractivity contribution in [1.82, 2.24) is 39.2 Å². The molecule has 58 heavy (non-hydrogen) atoms. The number of carbonyl (C=O) groups is 6. The lowest BCUT2D eigenvalue weighted by atomic mass is 10.00. The normalized spacial score (nSPS) is 23.3. The highest BCUT2D eigenvalue weighted by atomic mass is 16.4. The van der Waals surface area contributed by atoms with Crippen LogP contribution in [0.15, 0.2) is 0 Å². The number of aliphatic hydroxyl groups is 4. The van der Waals surface area contributed by atoms with Gasteiger partial charge in [-0.2, -0.15) is 0 Å². The van der Waals surface area contributed by atoms with Crippen molar-refractivity contribution >= 4 is 36.3 Å². The van der Waals surface area contributed by atoms with Crippen LogP contribution < -0.4 is 0 Å². The number of rotatable bonds is 13. The van der Waals surface area contributed by atoms with E-state index in [0.717, 1.165) is 19.6 Å². The van der Waals surface area contributed by atoms with Crippen molar-refractivity contribution in [3.05, 3.63) is 0 Å². The molecule has 2 aliphatic heterocycles. The number of amides is 4. The van der Waals surface area contributed by atoms with E-state index in [-0.39, 0.29) is 118 Å². The average molecular weight is 839 g/mol. The Bertz CT molecular complexity index is 1250. The number of carboxylic acids is 2.